The van der Waals surface area contributed by atoms with Crippen molar-refractivity contribution in [2.45, 2.75) is 31.6 Å². The van der Waals surface area contributed by atoms with Crippen LogP contribution in [0.4, 0.5) is 5.69 Å². The third kappa shape index (κ3) is 6.00. The molecule has 0 aliphatic rings. The van der Waals surface area contributed by atoms with E-state index in [0.29, 0.717) is 27.8 Å². The number of amides is 1. The average molecular weight is 418 g/mol. The normalized spacial score (nSPS) is 10.9. The van der Waals surface area contributed by atoms with Gasteiger partial charge < -0.3 is 14.5 Å². The van der Waals surface area contributed by atoms with E-state index in [1.807, 2.05) is 24.3 Å². The van der Waals surface area contributed by atoms with E-state index in [0.717, 1.165) is 5.69 Å². The summed E-state index contributed by atoms with van der Waals surface area (Å²) in [5.41, 5.74) is 1.99. The maximum atomic E-state index is 12.1. The van der Waals surface area contributed by atoms with Crippen LogP contribution in [0.2, 0.25) is 5.02 Å². The molecule has 1 heterocycles. The number of hydrogen-bond donors (Lipinski definition) is 1. The lowest BCUT2D eigenvalue weighted by atomic mass is 10.0. The molecule has 0 fully saturated rings. The molecule has 146 valence electrons. The molecule has 0 radical (unpaired) electrons. The van der Waals surface area contributed by atoms with Crippen LogP contribution in [0.3, 0.4) is 0 Å². The number of halogens is 1. The third-order valence-corrected chi connectivity index (χ3v) is 4.88. The van der Waals surface area contributed by atoms with Gasteiger partial charge in [-0.2, -0.15) is 0 Å². The lowest BCUT2D eigenvalue weighted by Gasteiger charge is -2.07. The zero-order chi connectivity index (χ0) is 19.9. The second kappa shape index (κ2) is 9.61. The van der Waals surface area contributed by atoms with Crippen molar-refractivity contribution in [3.8, 4) is 5.75 Å². The molecule has 3 rings (SSSR count). The monoisotopic (exact) mass is 417 g/mol. The minimum absolute atomic E-state index is 0.139. The summed E-state index contributed by atoms with van der Waals surface area (Å²) in [7, 11) is 0. The Kier molecular flexibility index (Phi) is 6.95. The standard InChI is InChI=1S/C20H20ClN3O3S/c1-13(2)14-3-7-16(8-4-14)22-18(25)12-28-20-24-23-19(27-20)11-26-17-9-5-15(21)6-10-17/h3-10,13H,11-12H2,1-2H3,(H,22,25). The Labute approximate surface area is 172 Å². The molecule has 0 saturated carbocycles. The molecule has 1 N–H and O–H groups in total. The van der Waals surface area contributed by atoms with Crippen molar-refractivity contribution < 1.29 is 13.9 Å². The van der Waals surface area contributed by atoms with Gasteiger partial charge in [0, 0.05) is 10.7 Å². The van der Waals surface area contributed by atoms with Crippen LogP contribution >= 0.6 is 23.4 Å². The Morgan fingerprint density at radius 3 is 2.54 bits per heavy atom. The molecular formula is C20H20ClN3O3S. The molecule has 0 unspecified atom stereocenters. The zero-order valence-corrected chi connectivity index (χ0v) is 17.1. The maximum absolute atomic E-state index is 12.1. The summed E-state index contributed by atoms with van der Waals surface area (Å²) in [4.78, 5) is 12.1. The molecule has 0 aliphatic heterocycles. The fourth-order valence-electron chi connectivity index (χ4n) is 2.31. The highest BCUT2D eigenvalue weighted by molar-refractivity contribution is 7.99. The summed E-state index contributed by atoms with van der Waals surface area (Å²) >= 11 is 7.01. The molecule has 1 aromatic heterocycles. The maximum Gasteiger partial charge on any atom is 0.277 e. The van der Waals surface area contributed by atoms with E-state index in [2.05, 4.69) is 29.4 Å². The topological polar surface area (TPSA) is 77.2 Å². The SMILES string of the molecule is CC(C)c1ccc(NC(=O)CSc2nnc(COc3ccc(Cl)cc3)o2)cc1. The first-order valence-corrected chi connectivity index (χ1v) is 10.1. The first-order chi connectivity index (χ1) is 13.5. The van der Waals surface area contributed by atoms with Crippen molar-refractivity contribution in [2.24, 2.45) is 0 Å². The second-order valence-electron chi connectivity index (χ2n) is 6.32. The summed E-state index contributed by atoms with van der Waals surface area (Å²) < 4.78 is 11.0. The third-order valence-electron chi connectivity index (χ3n) is 3.81. The number of rotatable bonds is 8. The Morgan fingerprint density at radius 2 is 1.86 bits per heavy atom. The largest absolute Gasteiger partial charge is 0.484 e. The first kappa shape index (κ1) is 20.2. The van der Waals surface area contributed by atoms with Gasteiger partial charge in [-0.25, -0.2) is 0 Å². The molecule has 6 nitrogen and oxygen atoms in total. The van der Waals surface area contributed by atoms with Crippen LogP contribution < -0.4 is 10.1 Å². The molecule has 0 atom stereocenters. The molecule has 0 aliphatic carbocycles. The fourth-order valence-corrected chi connectivity index (χ4v) is 3.01. The van der Waals surface area contributed by atoms with Gasteiger partial charge in [-0.05, 0) is 47.9 Å². The van der Waals surface area contributed by atoms with Gasteiger partial charge in [0.25, 0.3) is 11.1 Å². The number of anilines is 1. The van der Waals surface area contributed by atoms with Crippen molar-refractivity contribution in [2.75, 3.05) is 11.1 Å². The van der Waals surface area contributed by atoms with Crippen molar-refractivity contribution in [1.82, 2.24) is 10.2 Å². The number of ether oxygens (including phenoxy) is 1. The van der Waals surface area contributed by atoms with E-state index >= 15 is 0 Å². The number of carbonyl (C=O) groups excluding carboxylic acids is 1. The Bertz CT molecular complexity index is 911. The van der Waals surface area contributed by atoms with Gasteiger partial charge in [0.15, 0.2) is 6.61 Å². The molecule has 0 saturated heterocycles. The number of nitrogens with zero attached hydrogens (tertiary/aromatic N) is 2. The van der Waals surface area contributed by atoms with Crippen LogP contribution in [0.5, 0.6) is 5.75 Å². The highest BCUT2D eigenvalue weighted by atomic mass is 35.5. The van der Waals surface area contributed by atoms with Gasteiger partial charge in [0.1, 0.15) is 5.75 Å². The average Bonchev–Trinajstić information content (AvgIpc) is 3.14. The second-order valence-corrected chi connectivity index (χ2v) is 7.68. The van der Waals surface area contributed by atoms with Crippen LogP contribution in [0, 0.1) is 0 Å². The van der Waals surface area contributed by atoms with Gasteiger partial charge >= 0.3 is 0 Å². The predicted octanol–water partition coefficient (Wildman–Crippen LogP) is 5.16. The van der Waals surface area contributed by atoms with Crippen molar-refractivity contribution in [3.05, 3.63) is 65.0 Å². The van der Waals surface area contributed by atoms with Crippen LogP contribution in [0.15, 0.2) is 58.2 Å². The predicted molar refractivity (Wildman–Crippen MR) is 110 cm³/mol. The molecule has 0 bridgehead atoms. The summed E-state index contributed by atoms with van der Waals surface area (Å²) in [5, 5.41) is 11.6. The summed E-state index contributed by atoms with van der Waals surface area (Å²) in [6.45, 7) is 4.40. The number of thioether (sulfide) groups is 1. The van der Waals surface area contributed by atoms with Gasteiger partial charge in [-0.3, -0.25) is 4.79 Å². The highest BCUT2D eigenvalue weighted by Gasteiger charge is 2.11. The van der Waals surface area contributed by atoms with E-state index in [-0.39, 0.29) is 18.3 Å². The van der Waals surface area contributed by atoms with E-state index in [4.69, 9.17) is 20.8 Å². The minimum atomic E-state index is -0.139. The van der Waals surface area contributed by atoms with Crippen molar-refractivity contribution in [1.29, 1.82) is 0 Å². The number of benzene rings is 2. The van der Waals surface area contributed by atoms with E-state index in [1.54, 1.807) is 24.3 Å². The number of nitrogens with one attached hydrogen (secondary N) is 1. The summed E-state index contributed by atoms with van der Waals surface area (Å²) in [6.07, 6.45) is 0. The molecular weight excluding hydrogens is 398 g/mol. The van der Waals surface area contributed by atoms with E-state index < -0.39 is 0 Å². The smallest absolute Gasteiger partial charge is 0.277 e. The van der Waals surface area contributed by atoms with Crippen LogP contribution in [0.25, 0.3) is 0 Å². The molecule has 3 aromatic rings. The molecule has 2 aromatic carbocycles. The lowest BCUT2D eigenvalue weighted by Crippen LogP contribution is -2.14. The first-order valence-electron chi connectivity index (χ1n) is 8.73. The fraction of sp³-hybridized carbons (Fsp3) is 0.250. The van der Waals surface area contributed by atoms with E-state index in [1.165, 1.54) is 17.3 Å². The van der Waals surface area contributed by atoms with Gasteiger partial charge in [0.05, 0.1) is 5.75 Å². The highest BCUT2D eigenvalue weighted by Crippen LogP contribution is 2.20. The minimum Gasteiger partial charge on any atom is -0.484 e. The quantitative estimate of drug-likeness (QED) is 0.510. The van der Waals surface area contributed by atoms with Crippen molar-refractivity contribution >= 4 is 35.0 Å². The molecule has 28 heavy (non-hydrogen) atoms. The summed E-state index contributed by atoms with van der Waals surface area (Å²) in [5.74, 6) is 1.47. The molecule has 8 heteroatoms. The molecule has 0 spiro atoms. The lowest BCUT2D eigenvalue weighted by molar-refractivity contribution is -0.113. The van der Waals surface area contributed by atoms with Gasteiger partial charge in [-0.15, -0.1) is 10.2 Å². The van der Waals surface area contributed by atoms with Crippen LogP contribution in [-0.2, 0) is 11.4 Å². The van der Waals surface area contributed by atoms with Crippen LogP contribution in [0.1, 0.15) is 31.2 Å². The van der Waals surface area contributed by atoms with Gasteiger partial charge in [-0.1, -0.05) is 49.3 Å². The number of carbonyl (C=O) groups is 1. The van der Waals surface area contributed by atoms with Crippen LogP contribution in [-0.4, -0.2) is 21.9 Å². The molecule has 1 amide bonds. The van der Waals surface area contributed by atoms with E-state index in [9.17, 15) is 4.79 Å². The Balaban J connectivity index is 1.44. The zero-order valence-electron chi connectivity index (χ0n) is 15.5. The summed E-state index contributed by atoms with van der Waals surface area (Å²) in [6, 6.07) is 14.8. The number of aromatic nitrogens is 2. The Morgan fingerprint density at radius 1 is 1.14 bits per heavy atom. The number of hydrogen-bond acceptors (Lipinski definition) is 6. The van der Waals surface area contributed by atoms with Crippen molar-refractivity contribution in [3.63, 3.8) is 0 Å². The van der Waals surface area contributed by atoms with Gasteiger partial charge in [0.2, 0.25) is 5.91 Å². The Hall–Kier alpha value is -2.51.